The lowest BCUT2D eigenvalue weighted by molar-refractivity contribution is 0.305. The number of rotatable bonds is 6. The number of aliphatic hydroxyl groups is 1. The molecule has 4 nitrogen and oxygen atoms in total. The Bertz CT molecular complexity index is 585. The van der Waals surface area contributed by atoms with Gasteiger partial charge in [0.15, 0.2) is 0 Å². The number of sulfonamides is 1. The summed E-state index contributed by atoms with van der Waals surface area (Å²) in [5, 5.41) is 8.73. The second-order valence-corrected chi connectivity index (χ2v) is 6.46. The third-order valence-electron chi connectivity index (χ3n) is 2.86. The molecule has 0 aliphatic carbocycles. The van der Waals surface area contributed by atoms with Crippen molar-refractivity contribution in [1.82, 2.24) is 4.31 Å². The van der Waals surface area contributed by atoms with Gasteiger partial charge in [-0.25, -0.2) is 12.7 Å². The van der Waals surface area contributed by atoms with Crippen LogP contribution in [0.3, 0.4) is 0 Å². The monoisotopic (exact) mass is 295 g/mol. The Hall–Kier alpha value is -1.35. The van der Waals surface area contributed by atoms with Crippen molar-refractivity contribution in [2.75, 3.05) is 20.2 Å². The largest absolute Gasteiger partial charge is 0.395 e. The normalized spacial score (nSPS) is 11.2. The van der Waals surface area contributed by atoms with Crippen molar-refractivity contribution in [1.29, 1.82) is 0 Å². The van der Waals surface area contributed by atoms with E-state index in [2.05, 4.69) is 11.8 Å². The molecule has 0 aliphatic rings. The highest BCUT2D eigenvalue weighted by Gasteiger charge is 2.22. The Morgan fingerprint density at radius 3 is 2.65 bits per heavy atom. The van der Waals surface area contributed by atoms with E-state index in [0.717, 1.165) is 12.8 Å². The topological polar surface area (TPSA) is 57.6 Å². The number of unbranched alkanes of at least 4 members (excludes halogenated alkanes) is 1. The molecule has 0 unspecified atom stereocenters. The van der Waals surface area contributed by atoms with E-state index in [9.17, 15) is 8.42 Å². The van der Waals surface area contributed by atoms with Crippen LogP contribution in [0.25, 0.3) is 0 Å². The zero-order chi connectivity index (χ0) is 15.0. The predicted molar refractivity (Wildman–Crippen MR) is 79.7 cm³/mol. The second-order valence-electron chi connectivity index (χ2n) is 4.45. The van der Waals surface area contributed by atoms with Crippen molar-refractivity contribution in [3.05, 3.63) is 29.8 Å². The van der Waals surface area contributed by atoms with Gasteiger partial charge in [-0.2, -0.15) is 0 Å². The summed E-state index contributed by atoms with van der Waals surface area (Å²) in [5.74, 6) is 5.58. The fraction of sp³-hybridized carbons (Fsp3) is 0.467. The van der Waals surface area contributed by atoms with Gasteiger partial charge in [0.2, 0.25) is 10.0 Å². The van der Waals surface area contributed by atoms with Gasteiger partial charge in [0, 0.05) is 25.6 Å². The molecule has 0 saturated carbocycles. The SMILES string of the molecule is CCCCN(C)S(=O)(=O)c1ccccc1C#CCCO. The highest BCUT2D eigenvalue weighted by Crippen LogP contribution is 2.19. The van der Waals surface area contributed by atoms with Crippen molar-refractivity contribution in [2.24, 2.45) is 0 Å². The summed E-state index contributed by atoms with van der Waals surface area (Å²) in [4.78, 5) is 0.226. The fourth-order valence-corrected chi connectivity index (χ4v) is 3.03. The average molecular weight is 295 g/mol. The van der Waals surface area contributed by atoms with E-state index in [4.69, 9.17) is 5.11 Å². The number of aliphatic hydroxyl groups excluding tert-OH is 1. The van der Waals surface area contributed by atoms with Gasteiger partial charge in [-0.05, 0) is 18.6 Å². The first kappa shape index (κ1) is 16.7. The van der Waals surface area contributed by atoms with Crippen LogP contribution in [0.2, 0.25) is 0 Å². The molecule has 110 valence electrons. The Morgan fingerprint density at radius 2 is 2.00 bits per heavy atom. The molecule has 0 fully saturated rings. The lowest BCUT2D eigenvalue weighted by Gasteiger charge is -2.17. The van der Waals surface area contributed by atoms with Crippen LogP contribution in [-0.4, -0.2) is 38.0 Å². The van der Waals surface area contributed by atoms with E-state index in [1.807, 2.05) is 6.92 Å². The molecule has 0 bridgehead atoms. The number of nitrogens with zero attached hydrogens (tertiary/aromatic N) is 1. The quantitative estimate of drug-likeness (QED) is 0.815. The van der Waals surface area contributed by atoms with Crippen LogP contribution in [0.15, 0.2) is 29.2 Å². The molecule has 0 aliphatic heterocycles. The lowest BCUT2D eigenvalue weighted by Crippen LogP contribution is -2.28. The fourth-order valence-electron chi connectivity index (χ4n) is 1.68. The van der Waals surface area contributed by atoms with Gasteiger partial charge in [-0.15, -0.1) is 0 Å². The van der Waals surface area contributed by atoms with E-state index >= 15 is 0 Å². The Labute approximate surface area is 121 Å². The number of hydrogen-bond acceptors (Lipinski definition) is 3. The highest BCUT2D eigenvalue weighted by molar-refractivity contribution is 7.89. The van der Waals surface area contributed by atoms with Crippen LogP contribution >= 0.6 is 0 Å². The maximum absolute atomic E-state index is 12.5. The highest BCUT2D eigenvalue weighted by atomic mass is 32.2. The minimum Gasteiger partial charge on any atom is -0.395 e. The smallest absolute Gasteiger partial charge is 0.244 e. The lowest BCUT2D eigenvalue weighted by atomic mass is 10.2. The Balaban J connectivity index is 3.09. The summed E-state index contributed by atoms with van der Waals surface area (Å²) in [7, 11) is -1.92. The van der Waals surface area contributed by atoms with Gasteiger partial charge in [0.05, 0.1) is 11.5 Å². The summed E-state index contributed by atoms with van der Waals surface area (Å²) in [6, 6.07) is 6.71. The molecule has 0 spiro atoms. The van der Waals surface area contributed by atoms with Crippen LogP contribution in [0.5, 0.6) is 0 Å². The molecule has 0 aromatic heterocycles. The molecule has 5 heteroatoms. The summed E-state index contributed by atoms with van der Waals surface area (Å²) < 4.78 is 26.4. The number of hydrogen-bond donors (Lipinski definition) is 1. The van der Waals surface area contributed by atoms with Crippen LogP contribution in [-0.2, 0) is 10.0 Å². The number of benzene rings is 1. The minimum atomic E-state index is -3.51. The van der Waals surface area contributed by atoms with Crippen LogP contribution in [0.4, 0.5) is 0 Å². The van der Waals surface area contributed by atoms with Crippen molar-refractivity contribution in [3.8, 4) is 11.8 Å². The van der Waals surface area contributed by atoms with Gasteiger partial charge in [-0.1, -0.05) is 37.3 Å². The minimum absolute atomic E-state index is 0.0294. The Kier molecular flexibility index (Phi) is 6.73. The van der Waals surface area contributed by atoms with E-state index in [1.54, 1.807) is 31.3 Å². The molecular formula is C15H21NO3S. The summed E-state index contributed by atoms with van der Waals surface area (Å²) >= 11 is 0. The van der Waals surface area contributed by atoms with E-state index in [-0.39, 0.29) is 11.5 Å². The molecule has 0 amide bonds. The predicted octanol–water partition coefficient (Wildman–Crippen LogP) is 1.84. The zero-order valence-corrected chi connectivity index (χ0v) is 12.8. The molecule has 0 radical (unpaired) electrons. The first-order valence-electron chi connectivity index (χ1n) is 6.69. The van der Waals surface area contributed by atoms with E-state index in [1.165, 1.54) is 4.31 Å². The van der Waals surface area contributed by atoms with Crippen LogP contribution < -0.4 is 0 Å². The second kappa shape index (κ2) is 8.05. The summed E-state index contributed by atoms with van der Waals surface area (Å²) in [5.41, 5.74) is 0.476. The molecule has 0 saturated heterocycles. The first-order chi connectivity index (χ1) is 9.54. The van der Waals surface area contributed by atoms with Crippen LogP contribution in [0.1, 0.15) is 31.7 Å². The van der Waals surface area contributed by atoms with Gasteiger partial charge < -0.3 is 5.11 Å². The van der Waals surface area contributed by atoms with Gasteiger partial charge in [0.1, 0.15) is 0 Å². The summed E-state index contributed by atoms with van der Waals surface area (Å²) in [6.45, 7) is 2.49. The first-order valence-corrected chi connectivity index (χ1v) is 8.13. The maximum atomic E-state index is 12.5. The molecule has 1 aromatic carbocycles. The average Bonchev–Trinajstić information content (AvgIpc) is 2.45. The van der Waals surface area contributed by atoms with Crippen LogP contribution in [0, 0.1) is 11.8 Å². The molecule has 0 atom stereocenters. The molecule has 1 rings (SSSR count). The molecule has 20 heavy (non-hydrogen) atoms. The molecule has 1 aromatic rings. The maximum Gasteiger partial charge on any atom is 0.244 e. The molecule has 0 heterocycles. The van der Waals surface area contributed by atoms with Gasteiger partial charge >= 0.3 is 0 Å². The molecule has 1 N–H and O–H groups in total. The van der Waals surface area contributed by atoms with Gasteiger partial charge in [0.25, 0.3) is 0 Å². The third kappa shape index (κ3) is 4.34. The third-order valence-corrected chi connectivity index (χ3v) is 4.78. The van der Waals surface area contributed by atoms with E-state index in [0.29, 0.717) is 18.5 Å². The molecular weight excluding hydrogens is 274 g/mol. The van der Waals surface area contributed by atoms with Crippen molar-refractivity contribution in [2.45, 2.75) is 31.1 Å². The summed E-state index contributed by atoms with van der Waals surface area (Å²) in [6.07, 6.45) is 2.10. The van der Waals surface area contributed by atoms with E-state index < -0.39 is 10.0 Å². The van der Waals surface area contributed by atoms with Crippen molar-refractivity contribution in [3.63, 3.8) is 0 Å². The van der Waals surface area contributed by atoms with Crippen molar-refractivity contribution >= 4 is 10.0 Å². The Morgan fingerprint density at radius 1 is 1.30 bits per heavy atom. The van der Waals surface area contributed by atoms with Crippen molar-refractivity contribution < 1.29 is 13.5 Å². The standard InChI is InChI=1S/C15H21NO3S/c1-3-4-12-16(2)20(18,19)15-11-6-5-9-14(15)10-7-8-13-17/h5-6,9,11,17H,3-4,8,12-13H2,1-2H3. The van der Waals surface area contributed by atoms with Gasteiger partial charge in [-0.3, -0.25) is 0 Å². The zero-order valence-electron chi connectivity index (χ0n) is 12.0.